The topological polar surface area (TPSA) is 335 Å². The molecule has 32 heteroatoms. The van der Waals surface area contributed by atoms with Gasteiger partial charge < -0.3 is 37.6 Å². The van der Waals surface area contributed by atoms with Gasteiger partial charge in [-0.2, -0.15) is 11.8 Å². The van der Waals surface area contributed by atoms with Crippen molar-refractivity contribution in [3.8, 4) is 0 Å². The highest BCUT2D eigenvalue weighted by molar-refractivity contribution is 9.10. The number of aromatic nitrogens is 7. The van der Waals surface area contributed by atoms with E-state index in [4.69, 9.17) is 40.5 Å². The van der Waals surface area contributed by atoms with E-state index in [1.54, 1.807) is 17.8 Å². The molecule has 24 nitrogen and oxygen atoms in total. The van der Waals surface area contributed by atoms with Crippen LogP contribution in [0.3, 0.4) is 0 Å². The van der Waals surface area contributed by atoms with Gasteiger partial charge in [0.25, 0.3) is 34.4 Å². The molecule has 5 aromatic heterocycles. The summed E-state index contributed by atoms with van der Waals surface area (Å²) in [4.78, 5) is 112. The molecule has 5 amide bonds. The van der Waals surface area contributed by atoms with E-state index in [-0.39, 0.29) is 102 Å². The van der Waals surface area contributed by atoms with E-state index in [0.717, 1.165) is 25.7 Å². The van der Waals surface area contributed by atoms with Gasteiger partial charge in [0.2, 0.25) is 11.8 Å². The number of hydrogen-bond acceptors (Lipinski definition) is 17. The highest BCUT2D eigenvalue weighted by Gasteiger charge is 2.55. The molecule has 0 aromatic carbocycles. The second-order valence-corrected chi connectivity index (χ2v) is 25.1. The van der Waals surface area contributed by atoms with Crippen LogP contribution in [0.2, 0.25) is 15.1 Å². The summed E-state index contributed by atoms with van der Waals surface area (Å²) >= 11 is 26.2. The largest absolute Gasteiger partial charge is 0.384 e. The van der Waals surface area contributed by atoms with Crippen molar-refractivity contribution >= 4 is 159 Å². The van der Waals surface area contributed by atoms with Gasteiger partial charge in [0.05, 0.1) is 47.0 Å². The Morgan fingerprint density at radius 2 is 1.00 bits per heavy atom. The van der Waals surface area contributed by atoms with Gasteiger partial charge >= 0.3 is 0 Å². The summed E-state index contributed by atoms with van der Waals surface area (Å²) in [6.45, 7) is 0. The van der Waals surface area contributed by atoms with Crippen molar-refractivity contribution < 1.29 is 32.4 Å². The predicted molar refractivity (Wildman–Crippen MR) is 286 cm³/mol. The molecule has 0 unspecified atom stereocenters. The number of carbonyl (C=O) groups excluding carboxylic acids is 5. The van der Waals surface area contributed by atoms with E-state index in [2.05, 4.69) is 83.7 Å². The minimum absolute atomic E-state index is 0.0239. The summed E-state index contributed by atoms with van der Waals surface area (Å²) in [5.41, 5.74) is 2.57. The Labute approximate surface area is 463 Å². The summed E-state index contributed by atoms with van der Waals surface area (Å²) in [5, 5.41) is 17.1. The molecule has 392 valence electrons. The van der Waals surface area contributed by atoms with E-state index in [1.807, 2.05) is 0 Å². The zero-order chi connectivity index (χ0) is 53.5. The van der Waals surface area contributed by atoms with E-state index < -0.39 is 56.0 Å². The third-order valence-corrected chi connectivity index (χ3v) is 19.2. The predicted octanol–water partition coefficient (Wildman–Crippen LogP) is 2.78. The minimum atomic E-state index is -1.11. The highest BCUT2D eigenvalue weighted by atomic mass is 79.9. The molecule has 5 fully saturated rings. The van der Waals surface area contributed by atoms with Crippen LogP contribution in [0.5, 0.6) is 0 Å². The lowest BCUT2D eigenvalue weighted by Gasteiger charge is -2.38. The highest BCUT2D eigenvalue weighted by Crippen LogP contribution is 2.40. The molecular weight excluding hydrogens is 1230 g/mol. The minimum Gasteiger partial charge on any atom is -0.384 e. The molecule has 2 saturated carbocycles. The maximum Gasteiger partial charge on any atom is 0.276 e. The van der Waals surface area contributed by atoms with Crippen LogP contribution in [-0.2, 0) is 48.2 Å². The smallest absolute Gasteiger partial charge is 0.276 e. The lowest BCUT2D eigenvalue weighted by Crippen LogP contribution is -2.62. The number of nitrogens with two attached hydrogens (primary N) is 1. The van der Waals surface area contributed by atoms with E-state index >= 15 is 0 Å². The maximum absolute atomic E-state index is 13.1. The van der Waals surface area contributed by atoms with Crippen LogP contribution in [0.15, 0.2) is 66.3 Å². The van der Waals surface area contributed by atoms with Gasteiger partial charge in [-0.1, -0.05) is 34.8 Å². The van der Waals surface area contributed by atoms with Crippen molar-refractivity contribution in [2.24, 2.45) is 11.8 Å². The summed E-state index contributed by atoms with van der Waals surface area (Å²) in [5.74, 6) is 2.64. The average Bonchev–Trinajstić information content (AvgIpc) is 4.26. The number of nitrogens with one attached hydrogen (secondary N) is 6. The summed E-state index contributed by atoms with van der Waals surface area (Å²) in [6, 6.07) is 7.28. The van der Waals surface area contributed by atoms with Crippen LogP contribution in [0, 0.1) is 11.8 Å². The molecular formula is C43H37Br2Cl3N14O10S3. The van der Waals surface area contributed by atoms with Crippen LogP contribution in [0.25, 0.3) is 0 Å². The number of thioether (sulfide) groups is 1. The van der Waals surface area contributed by atoms with E-state index in [1.165, 1.54) is 50.6 Å². The SMILES string of the molecule is Nc1cc(NC(=O)C2CC2)ncn1.O=C1NC2(CS(=O)C2)n2c1c(Cl)cc(Br)c2=O.O=C1NC2(CS(=O)C2)n2c1c(Cl)cc(Nc1cc(NC(=O)C3CC3)ncn1)c2=O.O=C1NC2(CSC2)n2c1c(Cl)cc(Br)c2=O. The summed E-state index contributed by atoms with van der Waals surface area (Å²) in [7, 11) is -2.11. The maximum atomic E-state index is 13.1. The number of amides is 5. The van der Waals surface area contributed by atoms with E-state index in [9.17, 15) is 46.8 Å². The Bertz CT molecular complexity index is 3580. The van der Waals surface area contributed by atoms with Crippen molar-refractivity contribution in [3.63, 3.8) is 0 Å². The number of nitrogen functional groups attached to an aromatic ring is 1. The van der Waals surface area contributed by atoms with Gasteiger partial charge in [0, 0.05) is 57.1 Å². The second kappa shape index (κ2) is 20.1. The molecule has 3 spiro atoms. The summed E-state index contributed by atoms with van der Waals surface area (Å²) < 4.78 is 27.7. The third-order valence-electron chi connectivity index (χ3n) is 12.6. The molecule has 0 bridgehead atoms. The molecule has 0 radical (unpaired) electrons. The first-order valence-electron chi connectivity index (χ1n) is 22.3. The molecule has 8 aliphatic rings. The Morgan fingerprint density at radius 1 is 0.600 bits per heavy atom. The number of halogens is 5. The molecule has 11 heterocycles. The molecule has 13 rings (SSSR count). The summed E-state index contributed by atoms with van der Waals surface area (Å²) in [6.07, 6.45) is 6.28. The first kappa shape index (κ1) is 52.9. The van der Waals surface area contributed by atoms with Crippen LogP contribution in [0.4, 0.5) is 29.0 Å². The fraction of sp³-hybridized carbons (Fsp3) is 0.349. The Hall–Kier alpha value is -5.56. The standard InChI is InChI=1S/C17H15ClN6O4S.C9H6BrClN2O3S.C9H6BrClN2O2S.C8H10N4O/c18-9-3-10(16(27)24-13(9)15(26)23-17(24)5-29(28)6-17)21-11-4-12(20-7-19-11)22-14(25)8-1-2-8;10-4-1-5(11)6-7(14)12-9(2-17(16)3-9)13(6)8(4)15;10-4-1-5(11)6-7(14)12-9(2-16-3-9)13(6)8(4)15;9-6-3-7(11-4-10-6)12-8(13)5-1-2-5/h3-4,7-8H,1-2,5-6H2,(H,23,26)(H2,19,20,21,22,25);1H,2-3H2,(H,12,14);1H,2-3H2,(H,12,14);3-5H,1-2H2,(H3,9,10,11,12,13). The van der Waals surface area contributed by atoms with Gasteiger partial charge in [0.1, 0.15) is 75.7 Å². The monoisotopic (exact) mass is 1270 g/mol. The van der Waals surface area contributed by atoms with Gasteiger partial charge in [-0.3, -0.25) is 60.5 Å². The molecule has 6 aliphatic heterocycles. The Balaban J connectivity index is 0.000000120. The van der Waals surface area contributed by atoms with Crippen molar-refractivity contribution in [2.45, 2.75) is 42.7 Å². The number of rotatable bonds is 6. The molecule has 5 aromatic rings. The Morgan fingerprint density at radius 3 is 1.43 bits per heavy atom. The number of hydrogen-bond donors (Lipinski definition) is 7. The normalized spacial score (nSPS) is 23.3. The number of nitrogens with zero attached hydrogens (tertiary/aromatic N) is 7. The van der Waals surface area contributed by atoms with Gasteiger partial charge in [0.15, 0.2) is 0 Å². The number of carbonyl (C=O) groups is 5. The zero-order valence-electron chi connectivity index (χ0n) is 38.2. The Kier molecular flexibility index (Phi) is 14.2. The van der Waals surface area contributed by atoms with Crippen molar-refractivity contribution in [1.29, 1.82) is 0 Å². The molecule has 8 N–H and O–H groups in total. The van der Waals surface area contributed by atoms with Gasteiger partial charge in [-0.05, 0) is 75.7 Å². The van der Waals surface area contributed by atoms with Gasteiger partial charge in [-0.15, -0.1) is 0 Å². The van der Waals surface area contributed by atoms with Crippen LogP contribution < -0.4 is 54.3 Å². The fourth-order valence-electron chi connectivity index (χ4n) is 8.72. The first-order valence-corrected chi connectivity index (χ1v) is 29.2. The van der Waals surface area contributed by atoms with Crippen molar-refractivity contribution in [3.05, 3.63) is 115 Å². The van der Waals surface area contributed by atoms with Crippen molar-refractivity contribution in [1.82, 2.24) is 49.6 Å². The zero-order valence-corrected chi connectivity index (χ0v) is 46.1. The second-order valence-electron chi connectivity index (χ2n) is 18.2. The van der Waals surface area contributed by atoms with Crippen LogP contribution in [0.1, 0.15) is 57.1 Å². The third kappa shape index (κ3) is 10.0. The lowest BCUT2D eigenvalue weighted by atomic mass is 10.2. The van der Waals surface area contributed by atoms with Crippen LogP contribution >= 0.6 is 78.4 Å². The van der Waals surface area contributed by atoms with Crippen LogP contribution in [-0.4, -0.2) is 106 Å². The fourth-order valence-corrected chi connectivity index (χ4v) is 14.4. The van der Waals surface area contributed by atoms with Crippen molar-refractivity contribution in [2.75, 3.05) is 56.2 Å². The van der Waals surface area contributed by atoms with E-state index in [0.29, 0.717) is 42.9 Å². The molecule has 2 aliphatic carbocycles. The number of pyridine rings is 3. The molecule has 0 atom stereocenters. The lowest BCUT2D eigenvalue weighted by molar-refractivity contribution is -0.118. The molecule has 3 saturated heterocycles. The van der Waals surface area contributed by atoms with Gasteiger partial charge in [-0.25, -0.2) is 19.9 Å². The first-order chi connectivity index (χ1) is 35.6. The average molecular weight is 1270 g/mol. The quantitative estimate of drug-likeness (QED) is 0.129. The molecule has 75 heavy (non-hydrogen) atoms. The number of anilines is 5. The number of fused-ring (bicyclic) bond motifs is 6.